The first-order valence-corrected chi connectivity index (χ1v) is 10.9. The average molecular weight is 421 g/mol. The molecule has 1 aromatic rings. The summed E-state index contributed by atoms with van der Waals surface area (Å²) in [6, 6.07) is 5.16. The summed E-state index contributed by atoms with van der Waals surface area (Å²) in [5.74, 6) is 0.878. The van der Waals surface area contributed by atoms with E-state index in [2.05, 4.69) is 4.90 Å². The van der Waals surface area contributed by atoms with Crippen LogP contribution >= 0.6 is 0 Å². The van der Waals surface area contributed by atoms with Crippen LogP contribution in [0.3, 0.4) is 0 Å². The molecule has 0 saturated carbocycles. The lowest BCUT2D eigenvalue weighted by atomic mass is 9.86. The first kappa shape index (κ1) is 21.4. The Kier molecular flexibility index (Phi) is 5.70. The maximum Gasteiger partial charge on any atom is 0.410 e. The lowest BCUT2D eigenvalue weighted by molar-refractivity contribution is -0.109. The van der Waals surface area contributed by atoms with Gasteiger partial charge < -0.3 is 19.1 Å². The fourth-order valence-electron chi connectivity index (χ4n) is 4.98. The van der Waals surface area contributed by atoms with E-state index in [0.29, 0.717) is 31.7 Å². The van der Waals surface area contributed by atoms with E-state index in [9.17, 15) is 9.18 Å². The second kappa shape index (κ2) is 8.00. The van der Waals surface area contributed by atoms with Gasteiger partial charge in [0.2, 0.25) is 0 Å². The van der Waals surface area contributed by atoms with Crippen LogP contribution in [0, 0.1) is 5.82 Å². The molecule has 1 spiro atoms. The Morgan fingerprint density at radius 1 is 1.23 bits per heavy atom. The van der Waals surface area contributed by atoms with Gasteiger partial charge in [-0.1, -0.05) is 0 Å². The van der Waals surface area contributed by atoms with Crippen molar-refractivity contribution in [1.82, 2.24) is 9.80 Å². The van der Waals surface area contributed by atoms with Crippen LogP contribution in [0.4, 0.5) is 9.18 Å². The summed E-state index contributed by atoms with van der Waals surface area (Å²) in [5, 5.41) is 0. The van der Waals surface area contributed by atoms with Crippen LogP contribution in [-0.4, -0.2) is 73.0 Å². The van der Waals surface area contributed by atoms with Crippen molar-refractivity contribution in [3.63, 3.8) is 0 Å². The third kappa shape index (κ3) is 4.42. The van der Waals surface area contributed by atoms with Gasteiger partial charge in [-0.3, -0.25) is 4.90 Å². The molecule has 0 N–H and O–H groups in total. The van der Waals surface area contributed by atoms with Crippen molar-refractivity contribution in [2.24, 2.45) is 0 Å². The van der Waals surface area contributed by atoms with Crippen LogP contribution in [0.1, 0.15) is 51.5 Å². The van der Waals surface area contributed by atoms with Crippen molar-refractivity contribution >= 4 is 6.09 Å². The molecule has 1 amide bonds. The fourth-order valence-corrected chi connectivity index (χ4v) is 4.98. The molecular formula is C23H33FN2O4. The predicted octanol–water partition coefficient (Wildman–Crippen LogP) is 3.79. The standard InChI is InChI=1S/C23H33FN2O4/c1-22(2,3)30-21(27)26-14-23(15-26)12-18(13-29-23)25-9-7-16(8-10-25)19-11-17(24)5-6-20(19)28-4/h5-6,11,16,18H,7-10,12-15H2,1-4H3/t18-/m0/s1. The molecule has 1 atom stereocenters. The molecule has 3 aliphatic heterocycles. The maximum absolute atomic E-state index is 13.8. The zero-order valence-corrected chi connectivity index (χ0v) is 18.4. The van der Waals surface area contributed by atoms with Gasteiger partial charge in [0.15, 0.2) is 0 Å². The number of hydrogen-bond donors (Lipinski definition) is 0. The monoisotopic (exact) mass is 420 g/mol. The smallest absolute Gasteiger partial charge is 0.410 e. The minimum atomic E-state index is -0.479. The topological polar surface area (TPSA) is 51.2 Å². The predicted molar refractivity (Wildman–Crippen MR) is 111 cm³/mol. The highest BCUT2D eigenvalue weighted by Gasteiger charge is 2.53. The fraction of sp³-hybridized carbons (Fsp3) is 0.696. The molecule has 0 unspecified atom stereocenters. The number of nitrogens with zero attached hydrogens (tertiary/aromatic N) is 2. The Morgan fingerprint density at radius 3 is 2.57 bits per heavy atom. The number of rotatable bonds is 3. The lowest BCUT2D eigenvalue weighted by Crippen LogP contribution is -2.64. The number of likely N-dealkylation sites (tertiary alicyclic amines) is 2. The maximum atomic E-state index is 13.8. The van der Waals surface area contributed by atoms with Crippen molar-refractivity contribution in [1.29, 1.82) is 0 Å². The van der Waals surface area contributed by atoms with E-state index in [1.54, 1.807) is 24.1 Å². The van der Waals surface area contributed by atoms with Gasteiger partial charge in [-0.05, 0) is 77.2 Å². The van der Waals surface area contributed by atoms with E-state index in [-0.39, 0.29) is 17.5 Å². The molecule has 3 heterocycles. The SMILES string of the molecule is COc1ccc(F)cc1C1CCN([C@@H]2COC3(C2)CN(C(=O)OC(C)(C)C)C3)CC1. The van der Waals surface area contributed by atoms with E-state index >= 15 is 0 Å². The molecule has 6 nitrogen and oxygen atoms in total. The molecule has 30 heavy (non-hydrogen) atoms. The second-order valence-electron chi connectivity index (χ2n) is 9.88. The van der Waals surface area contributed by atoms with E-state index in [1.807, 2.05) is 20.8 Å². The first-order valence-electron chi connectivity index (χ1n) is 10.9. The normalized spacial score (nSPS) is 24.7. The highest BCUT2D eigenvalue weighted by molar-refractivity contribution is 5.69. The molecule has 0 aromatic heterocycles. The number of carbonyl (C=O) groups is 1. The van der Waals surface area contributed by atoms with Crippen LogP contribution < -0.4 is 4.74 Å². The number of hydrogen-bond acceptors (Lipinski definition) is 5. The Bertz CT molecular complexity index is 780. The number of piperidine rings is 1. The van der Waals surface area contributed by atoms with Crippen molar-refractivity contribution in [3.05, 3.63) is 29.6 Å². The summed E-state index contributed by atoms with van der Waals surface area (Å²) in [6.07, 6.45) is 2.64. The number of halogens is 1. The highest BCUT2D eigenvalue weighted by Crippen LogP contribution is 2.40. The number of carbonyl (C=O) groups excluding carboxylic acids is 1. The van der Waals surface area contributed by atoms with Crippen LogP contribution in [-0.2, 0) is 9.47 Å². The van der Waals surface area contributed by atoms with E-state index in [1.165, 1.54) is 6.07 Å². The minimum Gasteiger partial charge on any atom is -0.496 e. The van der Waals surface area contributed by atoms with Gasteiger partial charge >= 0.3 is 6.09 Å². The highest BCUT2D eigenvalue weighted by atomic mass is 19.1. The molecule has 7 heteroatoms. The summed E-state index contributed by atoms with van der Waals surface area (Å²) in [5.41, 5.74) is 0.279. The molecule has 3 saturated heterocycles. The summed E-state index contributed by atoms with van der Waals surface area (Å²) >= 11 is 0. The van der Waals surface area contributed by atoms with E-state index < -0.39 is 5.60 Å². The van der Waals surface area contributed by atoms with Gasteiger partial charge in [-0.2, -0.15) is 0 Å². The summed E-state index contributed by atoms with van der Waals surface area (Å²) in [7, 11) is 1.64. The molecular weight excluding hydrogens is 387 g/mol. The Hall–Kier alpha value is -1.86. The van der Waals surface area contributed by atoms with Crippen LogP contribution in [0.25, 0.3) is 0 Å². The van der Waals surface area contributed by atoms with Crippen LogP contribution in [0.15, 0.2) is 18.2 Å². The molecule has 0 radical (unpaired) electrons. The van der Waals surface area contributed by atoms with Crippen LogP contribution in [0.5, 0.6) is 5.75 Å². The van der Waals surface area contributed by atoms with Gasteiger partial charge in [0.25, 0.3) is 0 Å². The Morgan fingerprint density at radius 2 is 1.93 bits per heavy atom. The summed E-state index contributed by atoms with van der Waals surface area (Å²) in [6.45, 7) is 9.48. The molecule has 4 rings (SSSR count). The van der Waals surface area contributed by atoms with Gasteiger partial charge in [0.05, 0.1) is 26.8 Å². The number of methoxy groups -OCH3 is 1. The second-order valence-corrected chi connectivity index (χ2v) is 9.88. The van der Waals surface area contributed by atoms with E-state index in [4.69, 9.17) is 14.2 Å². The molecule has 0 bridgehead atoms. The molecule has 0 aliphatic carbocycles. The first-order chi connectivity index (χ1) is 14.2. The molecule has 3 fully saturated rings. The van der Waals surface area contributed by atoms with Crippen molar-refractivity contribution in [3.8, 4) is 5.75 Å². The summed E-state index contributed by atoms with van der Waals surface area (Å²) in [4.78, 5) is 16.4. The van der Waals surface area contributed by atoms with Crippen molar-refractivity contribution in [2.75, 3.05) is 39.9 Å². The van der Waals surface area contributed by atoms with Gasteiger partial charge in [0.1, 0.15) is 22.8 Å². The summed E-state index contributed by atoms with van der Waals surface area (Å²) < 4.78 is 30.8. The Balaban J connectivity index is 1.28. The quantitative estimate of drug-likeness (QED) is 0.745. The minimum absolute atomic E-state index is 0.209. The molecule has 3 aliphatic rings. The van der Waals surface area contributed by atoms with Crippen molar-refractivity contribution in [2.45, 2.75) is 63.2 Å². The van der Waals surface area contributed by atoms with Crippen LogP contribution in [0.2, 0.25) is 0 Å². The third-order valence-corrected chi connectivity index (χ3v) is 6.48. The number of benzene rings is 1. The zero-order valence-electron chi connectivity index (χ0n) is 18.4. The number of ether oxygens (including phenoxy) is 3. The Labute approximate surface area is 178 Å². The average Bonchev–Trinajstić information content (AvgIpc) is 3.11. The zero-order chi connectivity index (χ0) is 21.5. The van der Waals surface area contributed by atoms with Crippen molar-refractivity contribution < 1.29 is 23.4 Å². The number of amides is 1. The van der Waals surface area contributed by atoms with Gasteiger partial charge in [0, 0.05) is 11.6 Å². The third-order valence-electron chi connectivity index (χ3n) is 6.48. The van der Waals surface area contributed by atoms with Gasteiger partial charge in [-0.25, -0.2) is 9.18 Å². The largest absolute Gasteiger partial charge is 0.496 e. The lowest BCUT2D eigenvalue weighted by Gasteiger charge is -2.47. The van der Waals surface area contributed by atoms with Gasteiger partial charge in [-0.15, -0.1) is 0 Å². The molecule has 166 valence electrons. The molecule has 1 aromatic carbocycles. The van der Waals surface area contributed by atoms with E-state index in [0.717, 1.165) is 43.7 Å².